The summed E-state index contributed by atoms with van der Waals surface area (Å²) >= 11 is 0. The molecule has 0 aliphatic carbocycles. The summed E-state index contributed by atoms with van der Waals surface area (Å²) < 4.78 is 27.4. The van der Waals surface area contributed by atoms with Crippen molar-refractivity contribution in [1.82, 2.24) is 10.6 Å². The third-order valence-corrected chi connectivity index (χ3v) is 12.5. The second kappa shape index (κ2) is 29.4. The Balaban J connectivity index is 0.000000338. The molecule has 0 bridgehead atoms. The Morgan fingerprint density at radius 2 is 1.49 bits per heavy atom. The van der Waals surface area contributed by atoms with Gasteiger partial charge in [-0.3, -0.25) is 29.0 Å². The normalized spacial score (nSPS) is 13.7. The van der Waals surface area contributed by atoms with Gasteiger partial charge >= 0.3 is 0 Å². The van der Waals surface area contributed by atoms with Crippen molar-refractivity contribution in [2.45, 2.75) is 77.7 Å². The third kappa shape index (κ3) is 15.9. The predicted molar refractivity (Wildman–Crippen MR) is 292 cm³/mol. The number of benzene rings is 5. The number of carbonyl (C=O) groups is 6. The molecule has 2 unspecified atom stereocenters. The molecule has 0 saturated carbocycles. The standard InChI is InChI=1S/C38H39N5O7.C9H11N.C8H15NO2.C2H4O2/c1-22(39-2)37(45)42-27-11-23(20-49-35-16-30(40-3)26(19-44)14-33(35)47-4)10-24(12-27)21-50-36-17-31-29(15-34(36)48-5)38(46)43-28(18-41-31)13-25-8-6-7-9-32(25)43;1-10-7-6-8-4-2-3-5-9(8)10;1-2-3-4-5-8(11)9-6-7-10;1-4-2-3/h6-12,14-17,19,22,28,39,41H,3,13,18,20-21H2,1-2,4-5H3,(H,42,45);2-5H,6-7H2,1H3;7H,2-6H2,1H3,(H,9,11);2H,1H3. The van der Waals surface area contributed by atoms with Crippen molar-refractivity contribution in [3.63, 3.8) is 0 Å². The molecule has 3 heterocycles. The van der Waals surface area contributed by atoms with E-state index < -0.39 is 6.04 Å². The van der Waals surface area contributed by atoms with E-state index in [9.17, 15) is 24.0 Å². The van der Waals surface area contributed by atoms with E-state index in [1.165, 1.54) is 45.5 Å². The number of amides is 3. The Morgan fingerprint density at radius 1 is 0.853 bits per heavy atom. The maximum Gasteiger partial charge on any atom is 0.292 e. The molecule has 75 heavy (non-hydrogen) atoms. The summed E-state index contributed by atoms with van der Waals surface area (Å²) in [6, 6.07) is 28.3. The maximum absolute atomic E-state index is 13.9. The molecule has 18 nitrogen and oxygen atoms in total. The topological polar surface area (TPSA) is 216 Å². The number of nitrogens with one attached hydrogen (secondary N) is 4. The first-order valence-electron chi connectivity index (χ1n) is 24.7. The van der Waals surface area contributed by atoms with Gasteiger partial charge in [-0.2, -0.15) is 0 Å². The van der Waals surface area contributed by atoms with Crippen molar-refractivity contribution in [3.05, 3.63) is 124 Å². The summed E-state index contributed by atoms with van der Waals surface area (Å²) in [4.78, 5) is 75.8. The van der Waals surface area contributed by atoms with E-state index in [0.717, 1.165) is 48.1 Å². The molecule has 3 aliphatic heterocycles. The lowest BCUT2D eigenvalue weighted by Gasteiger charge is -2.22. The van der Waals surface area contributed by atoms with E-state index in [-0.39, 0.29) is 43.5 Å². The van der Waals surface area contributed by atoms with Crippen LogP contribution in [0, 0.1) is 0 Å². The number of aldehydes is 2. The number of nitrogens with zero attached hydrogens (tertiary/aromatic N) is 3. The van der Waals surface area contributed by atoms with Crippen molar-refractivity contribution in [3.8, 4) is 23.0 Å². The van der Waals surface area contributed by atoms with E-state index >= 15 is 0 Å². The van der Waals surface area contributed by atoms with Crippen molar-refractivity contribution in [2.24, 2.45) is 4.99 Å². The molecule has 0 radical (unpaired) electrons. The molecule has 18 heteroatoms. The zero-order chi connectivity index (χ0) is 54.3. The number of likely N-dealkylation sites (N-methyl/N-ethyl adjacent to an activating group) is 2. The lowest BCUT2D eigenvalue weighted by atomic mass is 10.1. The van der Waals surface area contributed by atoms with E-state index in [1.54, 1.807) is 38.2 Å². The van der Waals surface area contributed by atoms with Crippen molar-refractivity contribution < 1.29 is 52.5 Å². The number of rotatable bonds is 20. The van der Waals surface area contributed by atoms with E-state index in [1.807, 2.05) is 41.3 Å². The van der Waals surface area contributed by atoms with Crippen molar-refractivity contribution in [2.75, 3.05) is 75.5 Å². The van der Waals surface area contributed by atoms with Gasteiger partial charge in [0.2, 0.25) is 11.8 Å². The maximum atomic E-state index is 13.9. The van der Waals surface area contributed by atoms with Gasteiger partial charge in [-0.1, -0.05) is 56.2 Å². The lowest BCUT2D eigenvalue weighted by molar-refractivity contribution is -0.126. The van der Waals surface area contributed by atoms with Gasteiger partial charge in [0.1, 0.15) is 19.5 Å². The van der Waals surface area contributed by atoms with Gasteiger partial charge in [0.05, 0.1) is 56.9 Å². The number of hydrogen-bond acceptors (Lipinski definition) is 15. The summed E-state index contributed by atoms with van der Waals surface area (Å²) in [6.07, 6.45) is 7.01. The fourth-order valence-electron chi connectivity index (χ4n) is 8.47. The molecule has 398 valence electrons. The molecule has 4 N–H and O–H groups in total. The number of aliphatic imine (C=N–C) groups is 1. The summed E-state index contributed by atoms with van der Waals surface area (Å²) in [5, 5.41) is 11.8. The smallest absolute Gasteiger partial charge is 0.292 e. The van der Waals surface area contributed by atoms with E-state index in [4.69, 9.17) is 23.7 Å². The van der Waals surface area contributed by atoms with Gasteiger partial charge in [-0.25, -0.2) is 0 Å². The highest BCUT2D eigenvalue weighted by Crippen LogP contribution is 2.41. The molecule has 0 spiro atoms. The molecule has 0 saturated heterocycles. The summed E-state index contributed by atoms with van der Waals surface area (Å²) in [5.41, 5.74) is 8.86. The van der Waals surface area contributed by atoms with Crippen LogP contribution in [0.1, 0.15) is 82.5 Å². The molecule has 0 aromatic heterocycles. The van der Waals surface area contributed by atoms with Gasteiger partial charge in [-0.15, -0.1) is 0 Å². The molecule has 5 aromatic carbocycles. The second-order valence-electron chi connectivity index (χ2n) is 17.6. The molecule has 0 fully saturated rings. The van der Waals surface area contributed by atoms with Crippen LogP contribution in [0.4, 0.5) is 28.4 Å². The highest BCUT2D eigenvalue weighted by Gasteiger charge is 2.37. The number of methoxy groups -OCH3 is 3. The van der Waals surface area contributed by atoms with Gasteiger partial charge in [0.25, 0.3) is 12.4 Å². The average molecular weight is 1030 g/mol. The first kappa shape index (κ1) is 57.6. The van der Waals surface area contributed by atoms with Gasteiger partial charge in [0.15, 0.2) is 29.3 Å². The Bertz CT molecular complexity index is 2770. The van der Waals surface area contributed by atoms with Crippen LogP contribution in [-0.2, 0) is 50.0 Å². The van der Waals surface area contributed by atoms with Crippen LogP contribution in [0.3, 0.4) is 0 Å². The molecule has 8 rings (SSSR count). The first-order chi connectivity index (χ1) is 36.4. The third-order valence-electron chi connectivity index (χ3n) is 12.5. The Hall–Kier alpha value is -8.25. The van der Waals surface area contributed by atoms with Crippen LogP contribution in [-0.4, -0.2) is 111 Å². The van der Waals surface area contributed by atoms with Crippen LogP contribution in [0.25, 0.3) is 0 Å². The van der Waals surface area contributed by atoms with E-state index in [2.05, 4.69) is 86.9 Å². The Labute approximate surface area is 439 Å². The molecular formula is C57H69N7O11. The molecule has 2 atom stereocenters. The highest BCUT2D eigenvalue weighted by atomic mass is 16.5. The van der Waals surface area contributed by atoms with Crippen LogP contribution >= 0.6 is 0 Å². The molecular weight excluding hydrogens is 959 g/mol. The number of ether oxygens (including phenoxy) is 5. The molecule has 3 aliphatic rings. The van der Waals surface area contributed by atoms with Crippen molar-refractivity contribution in [1.29, 1.82) is 0 Å². The van der Waals surface area contributed by atoms with Crippen LogP contribution in [0.2, 0.25) is 0 Å². The largest absolute Gasteiger partial charge is 0.493 e. The van der Waals surface area contributed by atoms with E-state index in [0.29, 0.717) is 83.2 Å². The first-order valence-corrected chi connectivity index (χ1v) is 24.7. The summed E-state index contributed by atoms with van der Waals surface area (Å²) in [7, 11) is 8.19. The fourth-order valence-corrected chi connectivity index (χ4v) is 8.47. The second-order valence-corrected chi connectivity index (χ2v) is 17.6. The van der Waals surface area contributed by atoms with Gasteiger partial charge < -0.3 is 59.5 Å². The minimum absolute atomic E-state index is 0.00516. The number of hydrogen-bond donors (Lipinski definition) is 4. The number of anilines is 4. The minimum Gasteiger partial charge on any atom is -0.493 e. The number of fused-ring (bicyclic) bond motifs is 5. The Morgan fingerprint density at radius 3 is 2.09 bits per heavy atom. The van der Waals surface area contributed by atoms with Crippen LogP contribution in [0.5, 0.6) is 23.0 Å². The zero-order valence-corrected chi connectivity index (χ0v) is 43.9. The average Bonchev–Trinajstić information content (AvgIpc) is 3.98. The SMILES string of the molecule is C=Nc1cc(OCc2cc(COc3cc4c(cc3OC)C(=O)N3c5ccccc5CC3CN4)cc(NC(=O)C(C)NC)c2)c(OC)cc1C=O.CCCCCC(=O)NCC=O.CN1CCc2ccccc21.COC=O. The number of unbranched alkanes of at least 4 members (excludes halogenated alkanes) is 2. The summed E-state index contributed by atoms with van der Waals surface area (Å²) in [6.45, 7) is 9.89. The van der Waals surface area contributed by atoms with Crippen LogP contribution in [0.15, 0.2) is 96.0 Å². The van der Waals surface area contributed by atoms with Gasteiger partial charge in [-0.05, 0) is 105 Å². The molecule has 5 aromatic rings. The number of carbonyl (C=O) groups excluding carboxylic acids is 6. The monoisotopic (exact) mass is 1030 g/mol. The molecule has 3 amide bonds. The quantitative estimate of drug-likeness (QED) is 0.0331. The van der Waals surface area contributed by atoms with Crippen molar-refractivity contribution >= 4 is 71.9 Å². The minimum atomic E-state index is -0.427. The predicted octanol–water partition coefficient (Wildman–Crippen LogP) is 7.90. The fraction of sp³-hybridized carbons (Fsp3) is 0.351. The Kier molecular flexibility index (Phi) is 22.6. The lowest BCUT2D eigenvalue weighted by Crippen LogP contribution is -2.39. The number of para-hydroxylation sites is 2. The highest BCUT2D eigenvalue weighted by molar-refractivity contribution is 6.12. The van der Waals surface area contributed by atoms with Crippen LogP contribution < -0.4 is 50.0 Å². The van der Waals surface area contributed by atoms with Gasteiger partial charge in [0, 0.05) is 61.3 Å². The zero-order valence-electron chi connectivity index (χ0n) is 43.9. The summed E-state index contributed by atoms with van der Waals surface area (Å²) in [5.74, 6) is 1.27.